The van der Waals surface area contributed by atoms with Crippen molar-refractivity contribution in [1.29, 1.82) is 0 Å². The van der Waals surface area contributed by atoms with Crippen LogP contribution in [0, 0.1) is 6.92 Å². The number of methoxy groups -OCH3 is 1. The zero-order valence-electron chi connectivity index (χ0n) is 13.5. The van der Waals surface area contributed by atoms with E-state index >= 15 is 0 Å². The normalized spacial score (nSPS) is 10.4. The molecule has 5 heteroatoms. The van der Waals surface area contributed by atoms with E-state index in [9.17, 15) is 4.79 Å². The highest BCUT2D eigenvalue weighted by Gasteiger charge is 2.12. The van der Waals surface area contributed by atoms with Gasteiger partial charge in [-0.05, 0) is 49.7 Å². The fourth-order valence-corrected chi connectivity index (χ4v) is 2.40. The van der Waals surface area contributed by atoms with E-state index in [0.717, 1.165) is 16.9 Å². The molecular formula is C18H20ClNO3. The SMILES string of the molecule is CCOc1ccc(C(=O)Nc2cccc(Cl)c2C)cc1COC. The number of hydrogen-bond donors (Lipinski definition) is 1. The molecule has 0 heterocycles. The second kappa shape index (κ2) is 7.99. The van der Waals surface area contributed by atoms with Crippen molar-refractivity contribution in [3.05, 3.63) is 58.1 Å². The highest BCUT2D eigenvalue weighted by Crippen LogP contribution is 2.25. The number of carbonyl (C=O) groups is 1. The molecule has 2 aromatic carbocycles. The van der Waals surface area contributed by atoms with Gasteiger partial charge in [-0.3, -0.25) is 4.79 Å². The number of anilines is 1. The molecule has 0 aliphatic rings. The zero-order valence-corrected chi connectivity index (χ0v) is 14.2. The minimum Gasteiger partial charge on any atom is -0.494 e. The van der Waals surface area contributed by atoms with Crippen LogP contribution in [0.2, 0.25) is 5.02 Å². The largest absolute Gasteiger partial charge is 0.494 e. The fourth-order valence-electron chi connectivity index (χ4n) is 2.22. The van der Waals surface area contributed by atoms with E-state index in [1.54, 1.807) is 37.4 Å². The van der Waals surface area contributed by atoms with Crippen LogP contribution in [0.3, 0.4) is 0 Å². The van der Waals surface area contributed by atoms with Crippen LogP contribution < -0.4 is 10.1 Å². The van der Waals surface area contributed by atoms with Crippen molar-refractivity contribution in [2.75, 3.05) is 19.0 Å². The molecule has 0 aliphatic heterocycles. The molecule has 0 aliphatic carbocycles. The quantitative estimate of drug-likeness (QED) is 0.849. The maximum absolute atomic E-state index is 12.5. The van der Waals surface area contributed by atoms with E-state index in [4.69, 9.17) is 21.1 Å². The monoisotopic (exact) mass is 333 g/mol. The summed E-state index contributed by atoms with van der Waals surface area (Å²) >= 11 is 6.08. The molecule has 2 rings (SSSR count). The number of hydrogen-bond acceptors (Lipinski definition) is 3. The third kappa shape index (κ3) is 4.24. The Bertz CT molecular complexity index is 701. The molecule has 4 nitrogen and oxygen atoms in total. The first-order valence-corrected chi connectivity index (χ1v) is 7.75. The lowest BCUT2D eigenvalue weighted by Crippen LogP contribution is -2.13. The minimum absolute atomic E-state index is 0.198. The van der Waals surface area contributed by atoms with Gasteiger partial charge in [0.05, 0.1) is 13.2 Å². The summed E-state index contributed by atoms with van der Waals surface area (Å²) in [5.41, 5.74) is 2.92. The fraction of sp³-hybridized carbons (Fsp3) is 0.278. The minimum atomic E-state index is -0.198. The first-order valence-electron chi connectivity index (χ1n) is 7.38. The third-order valence-electron chi connectivity index (χ3n) is 3.44. The highest BCUT2D eigenvalue weighted by atomic mass is 35.5. The van der Waals surface area contributed by atoms with Crippen LogP contribution >= 0.6 is 11.6 Å². The molecular weight excluding hydrogens is 314 g/mol. The van der Waals surface area contributed by atoms with Crippen LogP contribution in [0.5, 0.6) is 5.75 Å². The van der Waals surface area contributed by atoms with Gasteiger partial charge < -0.3 is 14.8 Å². The van der Waals surface area contributed by atoms with Crippen molar-refractivity contribution in [3.8, 4) is 5.75 Å². The Kier molecular flexibility index (Phi) is 6.02. The van der Waals surface area contributed by atoms with E-state index in [1.165, 1.54) is 0 Å². The average Bonchev–Trinajstić information content (AvgIpc) is 2.54. The van der Waals surface area contributed by atoms with Crippen LogP contribution in [-0.4, -0.2) is 19.6 Å². The van der Waals surface area contributed by atoms with E-state index in [2.05, 4.69) is 5.32 Å². The molecule has 0 aromatic heterocycles. The highest BCUT2D eigenvalue weighted by molar-refractivity contribution is 6.31. The molecule has 2 aromatic rings. The van der Waals surface area contributed by atoms with Crippen molar-refractivity contribution in [2.24, 2.45) is 0 Å². The Hall–Kier alpha value is -2.04. The summed E-state index contributed by atoms with van der Waals surface area (Å²) in [4.78, 5) is 12.5. The summed E-state index contributed by atoms with van der Waals surface area (Å²) < 4.78 is 10.7. The smallest absolute Gasteiger partial charge is 0.255 e. The van der Waals surface area contributed by atoms with Crippen molar-refractivity contribution in [3.63, 3.8) is 0 Å². The van der Waals surface area contributed by atoms with Gasteiger partial charge in [-0.2, -0.15) is 0 Å². The van der Waals surface area contributed by atoms with Gasteiger partial charge in [0.15, 0.2) is 0 Å². The maximum atomic E-state index is 12.5. The first-order chi connectivity index (χ1) is 11.1. The lowest BCUT2D eigenvalue weighted by molar-refractivity contribution is 0.102. The molecule has 1 amide bonds. The summed E-state index contributed by atoms with van der Waals surface area (Å²) in [5, 5.41) is 3.50. The number of ether oxygens (including phenoxy) is 2. The summed E-state index contributed by atoms with van der Waals surface area (Å²) in [5.74, 6) is 0.528. The molecule has 0 saturated carbocycles. The van der Waals surface area contributed by atoms with E-state index in [1.807, 2.05) is 19.9 Å². The average molecular weight is 334 g/mol. The Morgan fingerprint density at radius 2 is 2.04 bits per heavy atom. The molecule has 23 heavy (non-hydrogen) atoms. The summed E-state index contributed by atoms with van der Waals surface area (Å²) in [7, 11) is 1.61. The predicted octanol–water partition coefficient (Wildman–Crippen LogP) is 4.45. The van der Waals surface area contributed by atoms with Crippen molar-refractivity contribution >= 4 is 23.2 Å². The predicted molar refractivity (Wildman–Crippen MR) is 92.5 cm³/mol. The van der Waals surface area contributed by atoms with Gasteiger partial charge in [0, 0.05) is 28.9 Å². The molecule has 1 N–H and O–H groups in total. The van der Waals surface area contributed by atoms with E-state index < -0.39 is 0 Å². The van der Waals surface area contributed by atoms with Crippen molar-refractivity contribution in [2.45, 2.75) is 20.5 Å². The van der Waals surface area contributed by atoms with Crippen LogP contribution in [0.15, 0.2) is 36.4 Å². The van der Waals surface area contributed by atoms with Gasteiger partial charge in [-0.15, -0.1) is 0 Å². The molecule has 0 bridgehead atoms. The first kappa shape index (κ1) is 17.3. The second-order valence-corrected chi connectivity index (χ2v) is 5.46. The summed E-state index contributed by atoms with van der Waals surface area (Å²) in [6, 6.07) is 10.7. The van der Waals surface area contributed by atoms with Crippen molar-refractivity contribution < 1.29 is 14.3 Å². The molecule has 0 unspecified atom stereocenters. The van der Waals surface area contributed by atoms with Crippen molar-refractivity contribution in [1.82, 2.24) is 0 Å². The van der Waals surface area contributed by atoms with Crippen LogP contribution in [0.1, 0.15) is 28.4 Å². The Morgan fingerprint density at radius 3 is 2.74 bits per heavy atom. The zero-order chi connectivity index (χ0) is 16.8. The Labute approximate surface area is 141 Å². The topological polar surface area (TPSA) is 47.6 Å². The lowest BCUT2D eigenvalue weighted by atomic mass is 10.1. The number of benzene rings is 2. The summed E-state index contributed by atoms with van der Waals surface area (Å²) in [6.07, 6.45) is 0. The Balaban J connectivity index is 2.25. The Morgan fingerprint density at radius 1 is 1.26 bits per heavy atom. The molecule has 122 valence electrons. The van der Waals surface area contributed by atoms with Gasteiger partial charge in [0.1, 0.15) is 5.75 Å². The second-order valence-electron chi connectivity index (χ2n) is 5.06. The van der Waals surface area contributed by atoms with Gasteiger partial charge in [-0.1, -0.05) is 17.7 Å². The third-order valence-corrected chi connectivity index (χ3v) is 3.85. The molecule has 0 spiro atoms. The number of rotatable bonds is 6. The van der Waals surface area contributed by atoms with Crippen LogP contribution in [0.4, 0.5) is 5.69 Å². The molecule has 0 atom stereocenters. The number of halogens is 1. The summed E-state index contributed by atoms with van der Waals surface area (Å²) in [6.45, 7) is 4.72. The van der Waals surface area contributed by atoms with E-state index in [-0.39, 0.29) is 5.91 Å². The molecule has 0 saturated heterocycles. The maximum Gasteiger partial charge on any atom is 0.255 e. The lowest BCUT2D eigenvalue weighted by Gasteiger charge is -2.13. The van der Waals surface area contributed by atoms with Crippen LogP contribution in [0.25, 0.3) is 0 Å². The van der Waals surface area contributed by atoms with Crippen LogP contribution in [-0.2, 0) is 11.3 Å². The number of amides is 1. The van der Waals surface area contributed by atoms with Gasteiger partial charge in [0.25, 0.3) is 5.91 Å². The number of nitrogens with one attached hydrogen (secondary N) is 1. The van der Waals surface area contributed by atoms with Gasteiger partial charge in [-0.25, -0.2) is 0 Å². The number of carbonyl (C=O) groups excluding carboxylic acids is 1. The standard InChI is InChI=1S/C18H20ClNO3/c1-4-23-17-9-8-13(10-14(17)11-22-3)18(21)20-16-7-5-6-15(19)12(16)2/h5-10H,4,11H2,1-3H3,(H,20,21). The van der Waals surface area contributed by atoms with E-state index in [0.29, 0.717) is 29.5 Å². The van der Waals surface area contributed by atoms with Gasteiger partial charge in [0.2, 0.25) is 0 Å². The molecule has 0 radical (unpaired) electrons. The van der Waals surface area contributed by atoms with Gasteiger partial charge >= 0.3 is 0 Å². The molecule has 0 fully saturated rings.